The molecule has 0 aliphatic rings. The minimum Gasteiger partial charge on any atom is -0.388 e. The second-order valence-corrected chi connectivity index (χ2v) is 5.08. The maximum atomic E-state index is 10.2. The number of nitrogens with zero attached hydrogens (tertiary/aromatic N) is 3. The molecule has 2 heterocycles. The van der Waals surface area contributed by atoms with Crippen LogP contribution in [0.4, 0.5) is 0 Å². The summed E-state index contributed by atoms with van der Waals surface area (Å²) < 4.78 is 1.76. The molecule has 0 saturated carbocycles. The number of aromatic nitrogens is 3. The lowest BCUT2D eigenvalue weighted by atomic mass is 10.0. The van der Waals surface area contributed by atoms with Crippen LogP contribution in [0.25, 0.3) is 5.52 Å². The number of aliphatic hydroxyl groups is 1. The zero-order valence-corrected chi connectivity index (χ0v) is 11.6. The summed E-state index contributed by atoms with van der Waals surface area (Å²) in [5.41, 5.74) is 1.79. The van der Waals surface area contributed by atoms with Gasteiger partial charge in [-0.25, -0.2) is 4.52 Å². The molecule has 4 nitrogen and oxygen atoms in total. The van der Waals surface area contributed by atoms with Gasteiger partial charge in [-0.1, -0.05) is 45.4 Å². The Morgan fingerprint density at radius 2 is 1.95 bits per heavy atom. The lowest BCUT2D eigenvalue weighted by Crippen LogP contribution is -1.97. The number of hydrogen-bond donors (Lipinski definition) is 1. The Hall–Kier alpha value is -1.42. The summed E-state index contributed by atoms with van der Waals surface area (Å²) in [6, 6.07) is 0. The molecule has 4 heteroatoms. The molecule has 1 unspecified atom stereocenters. The first-order valence-corrected chi connectivity index (χ1v) is 7.28. The van der Waals surface area contributed by atoms with Gasteiger partial charge in [0, 0.05) is 18.0 Å². The summed E-state index contributed by atoms with van der Waals surface area (Å²) in [6.45, 7) is 2.23. The van der Waals surface area contributed by atoms with Crippen LogP contribution < -0.4 is 0 Å². The minimum atomic E-state index is -0.423. The van der Waals surface area contributed by atoms with Crippen LogP contribution in [0, 0.1) is 0 Å². The van der Waals surface area contributed by atoms with E-state index < -0.39 is 6.10 Å². The lowest BCUT2D eigenvalue weighted by molar-refractivity contribution is 0.164. The molecule has 0 aliphatic carbocycles. The normalized spacial score (nSPS) is 12.9. The van der Waals surface area contributed by atoms with Gasteiger partial charge >= 0.3 is 0 Å². The molecular weight excluding hydrogens is 238 g/mol. The van der Waals surface area contributed by atoms with E-state index in [9.17, 15) is 5.11 Å². The predicted molar refractivity (Wildman–Crippen MR) is 75.9 cm³/mol. The minimum absolute atomic E-state index is 0.423. The number of aliphatic hydroxyl groups excluding tert-OH is 1. The zero-order chi connectivity index (χ0) is 13.5. The standard InChI is InChI=1S/C15H23N3O/c1-2-3-4-5-6-7-8-15(19)13-11-17-18-10-9-16-12-14(13)18/h9-12,15,19H,2-8H2,1H3. The van der Waals surface area contributed by atoms with Crippen LogP contribution in [-0.4, -0.2) is 19.7 Å². The van der Waals surface area contributed by atoms with Crippen LogP contribution in [-0.2, 0) is 0 Å². The number of rotatable bonds is 8. The summed E-state index contributed by atoms with van der Waals surface area (Å²) >= 11 is 0. The Labute approximate surface area is 114 Å². The Kier molecular flexibility index (Phi) is 5.33. The molecule has 0 bridgehead atoms. The highest BCUT2D eigenvalue weighted by atomic mass is 16.3. The smallest absolute Gasteiger partial charge is 0.0902 e. The molecule has 0 fully saturated rings. The van der Waals surface area contributed by atoms with Crippen LogP contribution in [0.3, 0.4) is 0 Å². The third kappa shape index (κ3) is 3.77. The average Bonchev–Trinajstić information content (AvgIpc) is 2.86. The van der Waals surface area contributed by atoms with Gasteiger partial charge in [0.2, 0.25) is 0 Å². The highest BCUT2D eigenvalue weighted by Gasteiger charge is 2.13. The van der Waals surface area contributed by atoms with Crippen molar-refractivity contribution < 1.29 is 5.11 Å². The second kappa shape index (κ2) is 7.24. The van der Waals surface area contributed by atoms with Gasteiger partial charge in [-0.15, -0.1) is 0 Å². The third-order valence-corrected chi connectivity index (χ3v) is 3.54. The van der Waals surface area contributed by atoms with E-state index in [4.69, 9.17) is 0 Å². The van der Waals surface area contributed by atoms with Gasteiger partial charge in [0.25, 0.3) is 0 Å². The van der Waals surface area contributed by atoms with E-state index in [1.54, 1.807) is 29.3 Å². The molecule has 0 spiro atoms. The molecule has 1 atom stereocenters. The van der Waals surface area contributed by atoms with E-state index in [2.05, 4.69) is 17.0 Å². The van der Waals surface area contributed by atoms with E-state index in [-0.39, 0.29) is 0 Å². The molecule has 2 aromatic heterocycles. The Balaban J connectivity index is 1.81. The van der Waals surface area contributed by atoms with Gasteiger partial charge < -0.3 is 5.11 Å². The fourth-order valence-corrected chi connectivity index (χ4v) is 2.38. The van der Waals surface area contributed by atoms with Crippen molar-refractivity contribution in [2.75, 3.05) is 0 Å². The second-order valence-electron chi connectivity index (χ2n) is 5.08. The quantitative estimate of drug-likeness (QED) is 0.740. The molecule has 1 N–H and O–H groups in total. The molecule has 0 amide bonds. The van der Waals surface area contributed by atoms with Crippen LogP contribution in [0.5, 0.6) is 0 Å². The summed E-state index contributed by atoms with van der Waals surface area (Å²) in [7, 11) is 0. The molecule has 0 saturated heterocycles. The predicted octanol–water partition coefficient (Wildman–Crippen LogP) is 3.51. The molecule has 0 radical (unpaired) electrons. The monoisotopic (exact) mass is 261 g/mol. The maximum absolute atomic E-state index is 10.2. The van der Waals surface area contributed by atoms with Gasteiger partial charge in [0.15, 0.2) is 0 Å². The molecule has 2 rings (SSSR count). The Morgan fingerprint density at radius 1 is 1.16 bits per heavy atom. The van der Waals surface area contributed by atoms with Gasteiger partial charge in [-0.2, -0.15) is 5.10 Å². The van der Waals surface area contributed by atoms with Crippen molar-refractivity contribution in [2.24, 2.45) is 0 Å². The van der Waals surface area contributed by atoms with Crippen LogP contribution in [0.15, 0.2) is 24.8 Å². The topological polar surface area (TPSA) is 50.4 Å². The van der Waals surface area contributed by atoms with E-state index >= 15 is 0 Å². The molecule has 104 valence electrons. The zero-order valence-electron chi connectivity index (χ0n) is 11.6. The first-order valence-electron chi connectivity index (χ1n) is 7.28. The van der Waals surface area contributed by atoms with Crippen LogP contribution >= 0.6 is 0 Å². The van der Waals surface area contributed by atoms with Gasteiger partial charge in [-0.3, -0.25) is 4.98 Å². The highest BCUT2D eigenvalue weighted by molar-refractivity contribution is 5.52. The summed E-state index contributed by atoms with van der Waals surface area (Å²) in [5.74, 6) is 0. The first-order chi connectivity index (χ1) is 9.33. The fraction of sp³-hybridized carbons (Fsp3) is 0.600. The molecule has 0 aliphatic heterocycles. The van der Waals surface area contributed by atoms with Crippen molar-refractivity contribution in [1.29, 1.82) is 0 Å². The van der Waals surface area contributed by atoms with Crippen molar-refractivity contribution >= 4 is 5.52 Å². The van der Waals surface area contributed by atoms with Crippen molar-refractivity contribution in [2.45, 2.75) is 58.0 Å². The summed E-state index contributed by atoms with van der Waals surface area (Å²) in [5, 5.41) is 14.5. The number of unbranched alkanes of at least 4 members (excludes halogenated alkanes) is 5. The van der Waals surface area contributed by atoms with Crippen LogP contribution in [0.1, 0.15) is 63.5 Å². The van der Waals surface area contributed by atoms with Crippen LogP contribution in [0.2, 0.25) is 0 Å². The SMILES string of the molecule is CCCCCCCCC(O)c1cnn2ccncc12. The van der Waals surface area contributed by atoms with E-state index in [0.717, 1.165) is 23.9 Å². The summed E-state index contributed by atoms with van der Waals surface area (Å²) in [6.07, 6.45) is 14.9. The first kappa shape index (κ1) is 14.0. The largest absolute Gasteiger partial charge is 0.388 e. The van der Waals surface area contributed by atoms with E-state index in [1.165, 1.54) is 32.1 Å². The van der Waals surface area contributed by atoms with Crippen molar-refractivity contribution in [3.8, 4) is 0 Å². The molecule has 0 aromatic carbocycles. The molecule has 19 heavy (non-hydrogen) atoms. The van der Waals surface area contributed by atoms with Crippen molar-refractivity contribution in [3.63, 3.8) is 0 Å². The van der Waals surface area contributed by atoms with E-state index in [1.807, 2.05) is 0 Å². The Morgan fingerprint density at radius 3 is 2.79 bits per heavy atom. The highest BCUT2D eigenvalue weighted by Crippen LogP contribution is 2.23. The maximum Gasteiger partial charge on any atom is 0.0902 e. The number of hydrogen-bond acceptors (Lipinski definition) is 3. The number of fused-ring (bicyclic) bond motifs is 1. The van der Waals surface area contributed by atoms with E-state index in [0.29, 0.717) is 0 Å². The Bertz CT molecular complexity index is 495. The fourth-order valence-electron chi connectivity index (χ4n) is 2.38. The van der Waals surface area contributed by atoms with Gasteiger partial charge in [0.1, 0.15) is 0 Å². The van der Waals surface area contributed by atoms with Gasteiger partial charge in [0.05, 0.1) is 24.0 Å². The lowest BCUT2D eigenvalue weighted by Gasteiger charge is -2.08. The molecular formula is C15H23N3O. The van der Waals surface area contributed by atoms with Crippen molar-refractivity contribution in [3.05, 3.63) is 30.4 Å². The van der Waals surface area contributed by atoms with Gasteiger partial charge in [-0.05, 0) is 6.42 Å². The summed E-state index contributed by atoms with van der Waals surface area (Å²) in [4.78, 5) is 4.09. The van der Waals surface area contributed by atoms with Crippen molar-refractivity contribution in [1.82, 2.24) is 14.6 Å². The molecule has 2 aromatic rings. The average molecular weight is 261 g/mol. The third-order valence-electron chi connectivity index (χ3n) is 3.54.